The first-order valence-electron chi connectivity index (χ1n) is 10.7. The Morgan fingerprint density at radius 3 is 2.43 bits per heavy atom. The van der Waals surface area contributed by atoms with Gasteiger partial charge in [0, 0.05) is 17.7 Å². The zero-order valence-electron chi connectivity index (χ0n) is 19.0. The fourth-order valence-electron chi connectivity index (χ4n) is 3.60. The molecule has 0 spiro atoms. The zero-order chi connectivity index (χ0) is 25.1. The van der Waals surface area contributed by atoms with Crippen LogP contribution < -0.4 is 15.0 Å². The first-order valence-corrected chi connectivity index (χ1v) is 10.7. The number of imide groups is 2. The Balaban J connectivity index is 1.62. The number of rotatable bonds is 6. The number of benzene rings is 3. The number of nitrogens with one attached hydrogen (secondary N) is 1. The number of nitro benzene ring substituents is 1. The molecule has 4 rings (SSSR count). The Morgan fingerprint density at radius 1 is 1.00 bits per heavy atom. The van der Waals surface area contributed by atoms with E-state index in [1.54, 1.807) is 55.5 Å². The summed E-state index contributed by atoms with van der Waals surface area (Å²) in [6.45, 7) is 3.73. The van der Waals surface area contributed by atoms with Gasteiger partial charge in [0.05, 0.1) is 10.6 Å². The second-order valence-electron chi connectivity index (χ2n) is 8.00. The number of barbiturate groups is 1. The number of aryl methyl sites for hydroxylation is 2. The minimum absolute atomic E-state index is 0.0244. The Bertz CT molecular complexity index is 1380. The molecule has 1 N–H and O–H groups in total. The monoisotopic (exact) mass is 471 g/mol. The maximum absolute atomic E-state index is 13.3. The molecule has 35 heavy (non-hydrogen) atoms. The van der Waals surface area contributed by atoms with Crippen LogP contribution in [0.4, 0.5) is 16.2 Å². The number of urea groups is 1. The molecule has 1 heterocycles. The summed E-state index contributed by atoms with van der Waals surface area (Å²) in [5.74, 6) is -1.14. The number of nitrogens with zero attached hydrogens (tertiary/aromatic N) is 2. The van der Waals surface area contributed by atoms with E-state index >= 15 is 0 Å². The first kappa shape index (κ1) is 23.4. The molecule has 0 radical (unpaired) electrons. The maximum Gasteiger partial charge on any atom is 0.335 e. The molecule has 1 fully saturated rings. The van der Waals surface area contributed by atoms with Crippen LogP contribution in [0.3, 0.4) is 0 Å². The molecule has 0 aromatic heterocycles. The van der Waals surface area contributed by atoms with Crippen LogP contribution >= 0.6 is 0 Å². The number of para-hydroxylation sites is 1. The molecule has 3 aromatic rings. The van der Waals surface area contributed by atoms with E-state index in [9.17, 15) is 24.5 Å². The van der Waals surface area contributed by atoms with Crippen LogP contribution in [0, 0.1) is 24.0 Å². The minimum atomic E-state index is -0.812. The zero-order valence-corrected chi connectivity index (χ0v) is 19.0. The number of non-ortho nitro benzene ring substituents is 1. The lowest BCUT2D eigenvalue weighted by Crippen LogP contribution is -2.54. The van der Waals surface area contributed by atoms with E-state index in [-0.39, 0.29) is 17.9 Å². The fourth-order valence-corrected chi connectivity index (χ4v) is 3.60. The van der Waals surface area contributed by atoms with Gasteiger partial charge in [0.15, 0.2) is 0 Å². The third-order valence-electron chi connectivity index (χ3n) is 5.47. The van der Waals surface area contributed by atoms with E-state index in [2.05, 4.69) is 5.32 Å². The summed E-state index contributed by atoms with van der Waals surface area (Å²) < 4.78 is 5.87. The van der Waals surface area contributed by atoms with Crippen LogP contribution in [0.2, 0.25) is 0 Å². The van der Waals surface area contributed by atoms with Crippen LogP contribution in [-0.4, -0.2) is 22.8 Å². The van der Waals surface area contributed by atoms with Gasteiger partial charge in [-0.25, -0.2) is 9.69 Å². The van der Waals surface area contributed by atoms with Crippen molar-refractivity contribution in [2.24, 2.45) is 0 Å². The minimum Gasteiger partial charge on any atom is -0.488 e. The summed E-state index contributed by atoms with van der Waals surface area (Å²) in [7, 11) is 0. The molecule has 9 nitrogen and oxygen atoms in total. The van der Waals surface area contributed by atoms with Crippen molar-refractivity contribution in [1.29, 1.82) is 0 Å². The Morgan fingerprint density at radius 2 is 1.71 bits per heavy atom. The van der Waals surface area contributed by atoms with Gasteiger partial charge >= 0.3 is 6.03 Å². The normalized spacial score (nSPS) is 14.7. The third kappa shape index (κ3) is 4.93. The first-order chi connectivity index (χ1) is 16.7. The van der Waals surface area contributed by atoms with Gasteiger partial charge in [-0.05, 0) is 60.9 Å². The molecule has 1 saturated heterocycles. The van der Waals surface area contributed by atoms with Crippen molar-refractivity contribution in [3.63, 3.8) is 0 Å². The molecule has 4 amide bonds. The van der Waals surface area contributed by atoms with E-state index in [1.165, 1.54) is 18.2 Å². The maximum atomic E-state index is 13.3. The van der Waals surface area contributed by atoms with Crippen molar-refractivity contribution in [3.8, 4) is 5.75 Å². The quantitative estimate of drug-likeness (QED) is 0.245. The van der Waals surface area contributed by atoms with E-state index in [0.717, 1.165) is 10.5 Å². The van der Waals surface area contributed by atoms with Crippen LogP contribution in [0.5, 0.6) is 5.75 Å². The van der Waals surface area contributed by atoms with Gasteiger partial charge in [-0.1, -0.05) is 30.3 Å². The highest BCUT2D eigenvalue weighted by atomic mass is 16.6. The summed E-state index contributed by atoms with van der Waals surface area (Å²) in [6.07, 6.45) is 1.38. The highest BCUT2D eigenvalue weighted by Gasteiger charge is 2.37. The molecule has 0 atom stereocenters. The van der Waals surface area contributed by atoms with Gasteiger partial charge in [-0.15, -0.1) is 0 Å². The van der Waals surface area contributed by atoms with Crippen molar-refractivity contribution in [2.45, 2.75) is 20.5 Å². The molecule has 1 aliphatic heterocycles. The topological polar surface area (TPSA) is 119 Å². The van der Waals surface area contributed by atoms with Gasteiger partial charge in [-0.2, -0.15) is 0 Å². The van der Waals surface area contributed by atoms with Crippen LogP contribution in [-0.2, 0) is 16.2 Å². The summed E-state index contributed by atoms with van der Waals surface area (Å²) in [6, 6.07) is 17.3. The van der Waals surface area contributed by atoms with Crippen molar-refractivity contribution < 1.29 is 24.0 Å². The predicted molar refractivity (Wildman–Crippen MR) is 129 cm³/mol. The highest BCUT2D eigenvalue weighted by molar-refractivity contribution is 6.39. The number of amides is 4. The molecule has 9 heteroatoms. The second kappa shape index (κ2) is 9.60. The Hall–Kier alpha value is -4.79. The molecule has 176 valence electrons. The van der Waals surface area contributed by atoms with Crippen molar-refractivity contribution in [1.82, 2.24) is 5.32 Å². The number of carbonyl (C=O) groups is 3. The molecule has 1 aliphatic rings. The SMILES string of the molecule is Cc1ccc(C)c(N2C(=O)NC(=O)/C(=C\c3ccccc3OCc3ccc([N+](=O)[O-])cc3)C2=O)c1. The predicted octanol–water partition coefficient (Wildman–Crippen LogP) is 4.46. The molecular formula is C26H21N3O6. The molecular weight excluding hydrogens is 450 g/mol. The van der Waals surface area contributed by atoms with Gasteiger partial charge in [0.1, 0.15) is 17.9 Å². The van der Waals surface area contributed by atoms with Crippen molar-refractivity contribution >= 4 is 35.3 Å². The number of ether oxygens (including phenoxy) is 1. The molecule has 0 aliphatic carbocycles. The van der Waals surface area contributed by atoms with Crippen molar-refractivity contribution in [2.75, 3.05) is 4.90 Å². The van der Waals surface area contributed by atoms with Gasteiger partial charge in [-0.3, -0.25) is 25.0 Å². The van der Waals surface area contributed by atoms with Gasteiger partial charge in [0.25, 0.3) is 17.5 Å². The summed E-state index contributed by atoms with van der Waals surface area (Å²) >= 11 is 0. The lowest BCUT2D eigenvalue weighted by Gasteiger charge is -2.28. The standard InChI is InChI=1S/C26H21N3O6/c1-16-7-8-17(2)22(13-16)28-25(31)21(24(30)27-26(28)32)14-19-5-3-4-6-23(19)35-15-18-9-11-20(12-10-18)29(33)34/h3-14H,15H2,1-2H3,(H,27,30,32)/b21-14+. The van der Waals surface area contributed by atoms with E-state index in [4.69, 9.17) is 4.74 Å². The third-order valence-corrected chi connectivity index (χ3v) is 5.47. The number of anilines is 1. The van der Waals surface area contributed by atoms with Crippen LogP contribution in [0.15, 0.2) is 72.3 Å². The molecule has 0 saturated carbocycles. The van der Waals surface area contributed by atoms with E-state index in [1.807, 2.05) is 13.0 Å². The Labute approximate surface area is 200 Å². The number of carbonyl (C=O) groups excluding carboxylic acids is 3. The molecule has 0 unspecified atom stereocenters. The number of hydrogen-bond acceptors (Lipinski definition) is 6. The summed E-state index contributed by atoms with van der Waals surface area (Å²) in [4.78, 5) is 49.7. The fraction of sp³-hybridized carbons (Fsp3) is 0.115. The lowest BCUT2D eigenvalue weighted by atomic mass is 10.0. The number of nitro groups is 1. The average molecular weight is 471 g/mol. The summed E-state index contributed by atoms with van der Waals surface area (Å²) in [5.41, 5.74) is 2.90. The van der Waals surface area contributed by atoms with Crippen LogP contribution in [0.25, 0.3) is 6.08 Å². The van der Waals surface area contributed by atoms with Crippen LogP contribution in [0.1, 0.15) is 22.3 Å². The summed E-state index contributed by atoms with van der Waals surface area (Å²) in [5, 5.41) is 13.1. The van der Waals surface area contributed by atoms with E-state index in [0.29, 0.717) is 28.1 Å². The lowest BCUT2D eigenvalue weighted by molar-refractivity contribution is -0.384. The second-order valence-corrected chi connectivity index (χ2v) is 8.00. The van der Waals surface area contributed by atoms with Crippen molar-refractivity contribution in [3.05, 3.63) is 105 Å². The molecule has 0 bridgehead atoms. The largest absolute Gasteiger partial charge is 0.488 e. The average Bonchev–Trinajstić information content (AvgIpc) is 2.83. The van der Waals surface area contributed by atoms with Gasteiger partial charge < -0.3 is 4.74 Å². The molecule has 3 aromatic carbocycles. The van der Waals surface area contributed by atoms with Gasteiger partial charge in [0.2, 0.25) is 0 Å². The number of hydrogen-bond donors (Lipinski definition) is 1. The van der Waals surface area contributed by atoms with E-state index < -0.39 is 22.8 Å². The highest BCUT2D eigenvalue weighted by Crippen LogP contribution is 2.28. The Kier molecular flexibility index (Phi) is 6.41. The smallest absolute Gasteiger partial charge is 0.335 e.